The molecule has 2 aliphatic rings. The van der Waals surface area contributed by atoms with E-state index in [1.807, 2.05) is 25.1 Å². The van der Waals surface area contributed by atoms with Gasteiger partial charge < -0.3 is 10.1 Å². The second-order valence-corrected chi connectivity index (χ2v) is 6.50. The molecule has 3 rings (SSSR count). The molecule has 7 heteroatoms. The summed E-state index contributed by atoms with van der Waals surface area (Å²) in [6.45, 7) is 3.21. The van der Waals surface area contributed by atoms with E-state index in [-0.39, 0.29) is 36.3 Å². The van der Waals surface area contributed by atoms with Gasteiger partial charge in [-0.15, -0.1) is 0 Å². The molecule has 134 valence electrons. The molecule has 0 spiro atoms. The van der Waals surface area contributed by atoms with E-state index in [0.29, 0.717) is 31.6 Å². The first-order valence-corrected chi connectivity index (χ1v) is 8.53. The Balaban J connectivity index is 1.69. The third-order valence-corrected chi connectivity index (χ3v) is 5.01. The second kappa shape index (κ2) is 7.23. The van der Waals surface area contributed by atoms with Gasteiger partial charge in [-0.25, -0.2) is 0 Å². The molecule has 1 N–H and O–H groups in total. The van der Waals surface area contributed by atoms with Gasteiger partial charge in [-0.3, -0.25) is 24.2 Å². The molecule has 0 unspecified atom stereocenters. The fraction of sp³-hybridized carbons (Fsp3) is 0.500. The highest BCUT2D eigenvalue weighted by atomic mass is 16.5. The van der Waals surface area contributed by atoms with Gasteiger partial charge in [0, 0.05) is 0 Å². The summed E-state index contributed by atoms with van der Waals surface area (Å²) in [7, 11) is 1.40. The molecule has 1 aromatic carbocycles. The first-order valence-electron chi connectivity index (χ1n) is 8.53. The lowest BCUT2D eigenvalue weighted by Crippen LogP contribution is -2.53. The van der Waals surface area contributed by atoms with Crippen LogP contribution in [0.5, 0.6) is 0 Å². The topological polar surface area (TPSA) is 79.0 Å². The van der Waals surface area contributed by atoms with Crippen molar-refractivity contribution in [3.8, 4) is 0 Å². The number of piperidine rings is 1. The number of esters is 1. The van der Waals surface area contributed by atoms with E-state index >= 15 is 0 Å². The summed E-state index contributed by atoms with van der Waals surface area (Å²) in [4.78, 5) is 40.2. The zero-order chi connectivity index (χ0) is 18.0. The Morgan fingerprint density at radius 2 is 1.92 bits per heavy atom. The highest BCUT2D eigenvalue weighted by Crippen LogP contribution is 2.30. The Morgan fingerprint density at radius 1 is 1.24 bits per heavy atom. The summed E-state index contributed by atoms with van der Waals surface area (Å²) in [6.07, 6.45) is 1.36. The lowest BCUT2D eigenvalue weighted by atomic mass is 9.96. The maximum atomic E-state index is 13.0. The maximum Gasteiger partial charge on any atom is 0.308 e. The largest absolute Gasteiger partial charge is 0.469 e. The molecule has 25 heavy (non-hydrogen) atoms. The number of anilines is 2. The zero-order valence-electron chi connectivity index (χ0n) is 14.5. The van der Waals surface area contributed by atoms with Crippen LogP contribution in [0.1, 0.15) is 19.8 Å². The number of nitrogens with zero attached hydrogens (tertiary/aromatic N) is 2. The Hall–Kier alpha value is -2.41. The van der Waals surface area contributed by atoms with Gasteiger partial charge in [0.1, 0.15) is 6.54 Å². The van der Waals surface area contributed by atoms with E-state index in [9.17, 15) is 14.4 Å². The van der Waals surface area contributed by atoms with Gasteiger partial charge in [0.15, 0.2) is 0 Å². The fourth-order valence-corrected chi connectivity index (χ4v) is 3.50. The quantitative estimate of drug-likeness (QED) is 0.834. The molecule has 0 aliphatic carbocycles. The number of fused-ring (bicyclic) bond motifs is 1. The SMILES string of the molecule is COC(=O)C1CCN([C@H](C)C(=O)N2CC(=O)Nc3ccccc32)CC1. The monoisotopic (exact) mass is 345 g/mol. The molecule has 7 nitrogen and oxygen atoms in total. The predicted molar refractivity (Wildman–Crippen MR) is 93.2 cm³/mol. The molecular formula is C18H23N3O4. The number of likely N-dealkylation sites (tertiary alicyclic amines) is 1. The van der Waals surface area contributed by atoms with Crippen molar-refractivity contribution >= 4 is 29.2 Å². The van der Waals surface area contributed by atoms with Crippen LogP contribution < -0.4 is 10.2 Å². The van der Waals surface area contributed by atoms with E-state index in [4.69, 9.17) is 4.74 Å². The molecule has 0 bridgehead atoms. The zero-order valence-corrected chi connectivity index (χ0v) is 14.5. The molecule has 0 radical (unpaired) electrons. The molecule has 0 aromatic heterocycles. The Labute approximate surface area is 146 Å². The van der Waals surface area contributed by atoms with Gasteiger partial charge in [0.2, 0.25) is 11.8 Å². The van der Waals surface area contributed by atoms with Gasteiger partial charge in [-0.2, -0.15) is 0 Å². The van der Waals surface area contributed by atoms with Crippen molar-refractivity contribution in [2.45, 2.75) is 25.8 Å². The van der Waals surface area contributed by atoms with Gasteiger partial charge >= 0.3 is 5.97 Å². The molecule has 2 amide bonds. The Kier molecular flexibility index (Phi) is 5.03. The third kappa shape index (κ3) is 3.51. The minimum atomic E-state index is -0.349. The van der Waals surface area contributed by atoms with Crippen molar-refractivity contribution in [3.63, 3.8) is 0 Å². The highest BCUT2D eigenvalue weighted by molar-refractivity contribution is 6.11. The fourth-order valence-electron chi connectivity index (χ4n) is 3.50. The summed E-state index contributed by atoms with van der Waals surface area (Å²) in [6, 6.07) is 6.96. The molecule has 1 saturated heterocycles. The van der Waals surface area contributed by atoms with Crippen LogP contribution in [0.25, 0.3) is 0 Å². The van der Waals surface area contributed by atoms with Crippen molar-refractivity contribution < 1.29 is 19.1 Å². The molecular weight excluding hydrogens is 322 g/mol. The number of para-hydroxylation sites is 2. The normalized spacial score (nSPS) is 19.8. The summed E-state index contributed by atoms with van der Waals surface area (Å²) in [5, 5.41) is 2.79. The number of benzene rings is 1. The summed E-state index contributed by atoms with van der Waals surface area (Å²) < 4.78 is 4.80. The van der Waals surface area contributed by atoms with Crippen molar-refractivity contribution in [3.05, 3.63) is 24.3 Å². The minimum absolute atomic E-state index is 0.0266. The Morgan fingerprint density at radius 3 is 2.60 bits per heavy atom. The standard InChI is InChI=1S/C18H23N3O4/c1-12(20-9-7-13(8-10-20)18(24)25-2)17(23)21-11-16(22)19-14-5-3-4-6-15(14)21/h3-6,12-13H,7-11H2,1-2H3,(H,19,22)/t12-/m1/s1. The molecule has 2 aliphatic heterocycles. The molecule has 0 saturated carbocycles. The van der Waals surface area contributed by atoms with Crippen LogP contribution in [0.4, 0.5) is 11.4 Å². The molecule has 1 aromatic rings. The number of hydrogen-bond acceptors (Lipinski definition) is 5. The number of carbonyl (C=O) groups excluding carboxylic acids is 3. The van der Waals surface area contributed by atoms with Gasteiger partial charge in [0.25, 0.3) is 0 Å². The van der Waals surface area contributed by atoms with E-state index in [0.717, 1.165) is 5.69 Å². The third-order valence-electron chi connectivity index (χ3n) is 5.01. The predicted octanol–water partition coefficient (Wildman–Crippen LogP) is 1.25. The van der Waals surface area contributed by atoms with Crippen molar-refractivity contribution in [1.82, 2.24) is 4.90 Å². The van der Waals surface area contributed by atoms with Gasteiger partial charge in [-0.1, -0.05) is 12.1 Å². The lowest BCUT2D eigenvalue weighted by Gasteiger charge is -2.38. The van der Waals surface area contributed by atoms with Crippen LogP contribution in [0.3, 0.4) is 0 Å². The minimum Gasteiger partial charge on any atom is -0.469 e. The van der Waals surface area contributed by atoms with E-state index in [1.165, 1.54) is 7.11 Å². The van der Waals surface area contributed by atoms with Crippen LogP contribution in [-0.4, -0.2) is 55.5 Å². The number of hydrogen-bond donors (Lipinski definition) is 1. The van der Waals surface area contributed by atoms with Crippen LogP contribution in [-0.2, 0) is 19.1 Å². The van der Waals surface area contributed by atoms with Crippen LogP contribution in [0.2, 0.25) is 0 Å². The molecule has 1 atom stereocenters. The van der Waals surface area contributed by atoms with Crippen LogP contribution in [0.15, 0.2) is 24.3 Å². The summed E-state index contributed by atoms with van der Waals surface area (Å²) in [5.41, 5.74) is 1.38. The number of carbonyl (C=O) groups is 3. The number of amides is 2. The highest BCUT2D eigenvalue weighted by Gasteiger charge is 2.34. The van der Waals surface area contributed by atoms with Crippen molar-refractivity contribution in [2.24, 2.45) is 5.92 Å². The van der Waals surface area contributed by atoms with E-state index in [1.54, 1.807) is 11.0 Å². The van der Waals surface area contributed by atoms with E-state index in [2.05, 4.69) is 10.2 Å². The first-order chi connectivity index (χ1) is 12.0. The lowest BCUT2D eigenvalue weighted by molar-refractivity contribution is -0.147. The summed E-state index contributed by atoms with van der Waals surface area (Å²) >= 11 is 0. The Bertz CT molecular complexity index is 683. The van der Waals surface area contributed by atoms with Crippen LogP contribution in [0, 0.1) is 5.92 Å². The second-order valence-electron chi connectivity index (χ2n) is 6.50. The van der Waals surface area contributed by atoms with Crippen molar-refractivity contribution in [1.29, 1.82) is 0 Å². The van der Waals surface area contributed by atoms with E-state index < -0.39 is 0 Å². The van der Waals surface area contributed by atoms with Gasteiger partial charge in [-0.05, 0) is 45.0 Å². The number of ether oxygens (including phenoxy) is 1. The maximum absolute atomic E-state index is 13.0. The molecule has 1 fully saturated rings. The number of methoxy groups -OCH3 is 1. The number of rotatable bonds is 3. The average Bonchev–Trinajstić information content (AvgIpc) is 2.65. The average molecular weight is 345 g/mol. The molecule has 2 heterocycles. The van der Waals surface area contributed by atoms with Gasteiger partial charge in [0.05, 0.1) is 30.4 Å². The first kappa shape index (κ1) is 17.4. The number of nitrogens with one attached hydrogen (secondary N) is 1. The summed E-state index contributed by atoms with van der Waals surface area (Å²) in [5.74, 6) is -0.562. The van der Waals surface area contributed by atoms with Crippen molar-refractivity contribution in [2.75, 3.05) is 37.0 Å². The smallest absolute Gasteiger partial charge is 0.308 e. The van der Waals surface area contributed by atoms with Crippen LogP contribution >= 0.6 is 0 Å².